The number of Topliss-reactive ketones (excluding diaryl/α,β-unsaturated/α-hetero) is 1. The number of ether oxygens (including phenoxy) is 1. The maximum absolute atomic E-state index is 13.1. The average molecular weight is 410 g/mol. The summed E-state index contributed by atoms with van der Waals surface area (Å²) < 4.78 is 5.15. The van der Waals surface area contributed by atoms with Gasteiger partial charge >= 0.3 is 5.97 Å². The Labute approximate surface area is 163 Å². The number of carboxylic acid groups (broad SMARTS) is 1. The molecule has 1 aliphatic carbocycles. The lowest BCUT2D eigenvalue weighted by Gasteiger charge is -2.22. The van der Waals surface area contributed by atoms with Crippen LogP contribution < -0.4 is 4.74 Å². The Kier molecular flexibility index (Phi) is 4.84. The molecule has 1 unspecified atom stereocenters. The van der Waals surface area contributed by atoms with Gasteiger partial charge in [0.05, 0.1) is 15.4 Å². The minimum Gasteiger partial charge on any atom is -0.480 e. The van der Waals surface area contributed by atoms with E-state index in [9.17, 15) is 19.7 Å². The number of hydrogen-bond acceptors (Lipinski definition) is 5. The molecule has 0 aromatic heterocycles. The lowest BCUT2D eigenvalue weighted by Crippen LogP contribution is -2.29. The topological polar surface area (TPSA) is 107 Å². The van der Waals surface area contributed by atoms with E-state index in [0.717, 1.165) is 0 Å². The molecule has 1 N–H and O–H groups in total. The van der Waals surface area contributed by atoms with Crippen molar-refractivity contribution < 1.29 is 24.4 Å². The van der Waals surface area contributed by atoms with Crippen LogP contribution in [0.4, 0.5) is 5.69 Å². The maximum Gasteiger partial charge on any atom is 0.341 e. The maximum atomic E-state index is 13.1. The zero-order chi connectivity index (χ0) is 19.9. The minimum atomic E-state index is -1.17. The van der Waals surface area contributed by atoms with Crippen molar-refractivity contribution in [3.63, 3.8) is 0 Å². The summed E-state index contributed by atoms with van der Waals surface area (Å²) in [6, 6.07) is 7.28. The molecule has 2 aromatic carbocycles. The number of aliphatic carboxylic acids is 1. The number of nitrogens with zero attached hydrogens (tertiary/aromatic N) is 1. The summed E-state index contributed by atoms with van der Waals surface area (Å²) in [7, 11) is 0. The SMILES string of the molecule is CC1(c2ccc([N+](=O)[O-])cc2)Cc2cc(OCC(=O)O)c(Cl)c(Cl)c2C1=O. The molecule has 1 aliphatic rings. The average Bonchev–Trinajstić information content (AvgIpc) is 2.88. The van der Waals surface area contributed by atoms with E-state index < -0.39 is 22.9 Å². The molecule has 0 heterocycles. The molecule has 1 atom stereocenters. The number of carbonyl (C=O) groups is 2. The van der Waals surface area contributed by atoms with Crippen molar-refractivity contribution in [2.45, 2.75) is 18.8 Å². The van der Waals surface area contributed by atoms with Gasteiger partial charge in [-0.3, -0.25) is 14.9 Å². The summed E-state index contributed by atoms with van der Waals surface area (Å²) in [5.41, 5.74) is 0.390. The van der Waals surface area contributed by atoms with Gasteiger partial charge in [0.25, 0.3) is 5.69 Å². The molecular formula is C18H13Cl2NO6. The van der Waals surface area contributed by atoms with Gasteiger partial charge < -0.3 is 9.84 Å². The molecule has 140 valence electrons. The van der Waals surface area contributed by atoms with Crippen LogP contribution in [0, 0.1) is 10.1 Å². The number of hydrogen-bond donors (Lipinski definition) is 1. The number of carbonyl (C=O) groups excluding carboxylic acids is 1. The largest absolute Gasteiger partial charge is 0.480 e. The molecular weight excluding hydrogens is 397 g/mol. The first kappa shape index (κ1) is 19.1. The first-order valence-corrected chi connectivity index (χ1v) is 8.56. The van der Waals surface area contributed by atoms with Gasteiger partial charge in [0.15, 0.2) is 12.4 Å². The van der Waals surface area contributed by atoms with E-state index in [4.69, 9.17) is 33.0 Å². The van der Waals surface area contributed by atoms with Crippen molar-refractivity contribution in [2.75, 3.05) is 6.61 Å². The van der Waals surface area contributed by atoms with Crippen LogP contribution in [0.1, 0.15) is 28.4 Å². The molecule has 0 saturated heterocycles. The van der Waals surface area contributed by atoms with E-state index in [2.05, 4.69) is 0 Å². The van der Waals surface area contributed by atoms with Crippen molar-refractivity contribution in [1.29, 1.82) is 0 Å². The fraction of sp³-hybridized carbons (Fsp3) is 0.222. The highest BCUT2D eigenvalue weighted by Gasteiger charge is 2.45. The van der Waals surface area contributed by atoms with Crippen molar-refractivity contribution in [1.82, 2.24) is 0 Å². The number of non-ortho nitro benzene ring substituents is 1. The van der Waals surface area contributed by atoms with Gasteiger partial charge in [0.1, 0.15) is 10.8 Å². The van der Waals surface area contributed by atoms with Gasteiger partial charge in [-0.15, -0.1) is 0 Å². The first-order valence-electron chi connectivity index (χ1n) is 7.80. The molecule has 2 aromatic rings. The second-order valence-electron chi connectivity index (χ2n) is 6.36. The number of rotatable bonds is 5. The highest BCUT2D eigenvalue weighted by molar-refractivity contribution is 6.45. The molecule has 9 heteroatoms. The Balaban J connectivity index is 2.02. The Morgan fingerprint density at radius 1 is 1.30 bits per heavy atom. The Bertz CT molecular complexity index is 973. The summed E-state index contributed by atoms with van der Waals surface area (Å²) in [6.07, 6.45) is 0.277. The van der Waals surface area contributed by atoms with Crippen molar-refractivity contribution in [3.05, 3.63) is 67.2 Å². The fourth-order valence-corrected chi connectivity index (χ4v) is 3.71. The molecule has 27 heavy (non-hydrogen) atoms. The van der Waals surface area contributed by atoms with Crippen LogP contribution >= 0.6 is 23.2 Å². The Hall–Kier alpha value is -2.64. The summed E-state index contributed by atoms with van der Waals surface area (Å²) in [5.74, 6) is -1.35. The van der Waals surface area contributed by atoms with Crippen molar-refractivity contribution in [2.24, 2.45) is 0 Å². The zero-order valence-corrected chi connectivity index (χ0v) is 15.5. The number of carboxylic acids is 1. The third kappa shape index (κ3) is 3.24. The number of nitro groups is 1. The van der Waals surface area contributed by atoms with Crippen LogP contribution in [0.5, 0.6) is 5.75 Å². The van der Waals surface area contributed by atoms with Gasteiger partial charge in [-0.25, -0.2) is 4.79 Å². The van der Waals surface area contributed by atoms with Crippen LogP contribution in [0.25, 0.3) is 0 Å². The molecule has 0 bridgehead atoms. The molecule has 0 fully saturated rings. The normalized spacial score (nSPS) is 18.3. The number of benzene rings is 2. The monoisotopic (exact) mass is 409 g/mol. The molecule has 3 rings (SSSR count). The molecule has 0 saturated carbocycles. The standard InChI is InChI=1S/C18H13Cl2NO6/c1-18(10-2-4-11(5-3-10)21(25)26)7-9-6-12(27-8-13(22)23)15(19)16(20)14(9)17(18)24/h2-6H,7-8H2,1H3,(H,22,23). The molecule has 0 spiro atoms. The van der Waals surface area contributed by atoms with Crippen molar-refractivity contribution >= 4 is 40.6 Å². The summed E-state index contributed by atoms with van der Waals surface area (Å²) in [4.78, 5) is 34.1. The smallest absolute Gasteiger partial charge is 0.341 e. The summed E-state index contributed by atoms with van der Waals surface area (Å²) >= 11 is 12.4. The van der Waals surface area contributed by atoms with Gasteiger partial charge in [-0.1, -0.05) is 35.3 Å². The van der Waals surface area contributed by atoms with Crippen LogP contribution in [-0.2, 0) is 16.6 Å². The van der Waals surface area contributed by atoms with Crippen molar-refractivity contribution in [3.8, 4) is 5.75 Å². The number of fused-ring (bicyclic) bond motifs is 1. The number of halogens is 2. The second-order valence-corrected chi connectivity index (χ2v) is 7.12. The summed E-state index contributed by atoms with van der Waals surface area (Å²) in [5, 5.41) is 19.6. The third-order valence-corrected chi connectivity index (χ3v) is 5.44. The van der Waals surface area contributed by atoms with E-state index in [1.807, 2.05) is 0 Å². The van der Waals surface area contributed by atoms with E-state index >= 15 is 0 Å². The van der Waals surface area contributed by atoms with E-state index in [1.165, 1.54) is 18.2 Å². The fourth-order valence-electron chi connectivity index (χ4n) is 3.20. The summed E-state index contributed by atoms with van der Waals surface area (Å²) in [6.45, 7) is 1.13. The molecule has 0 aliphatic heterocycles. The highest BCUT2D eigenvalue weighted by atomic mass is 35.5. The van der Waals surface area contributed by atoms with Crippen LogP contribution in [0.2, 0.25) is 10.0 Å². The van der Waals surface area contributed by atoms with Gasteiger partial charge in [0.2, 0.25) is 0 Å². The zero-order valence-electron chi connectivity index (χ0n) is 14.0. The number of nitro benzene ring substituents is 1. The number of ketones is 1. The highest BCUT2D eigenvalue weighted by Crippen LogP contribution is 2.47. The molecule has 0 radical (unpaired) electrons. The lowest BCUT2D eigenvalue weighted by molar-refractivity contribution is -0.384. The van der Waals surface area contributed by atoms with E-state index in [-0.39, 0.29) is 39.2 Å². The van der Waals surface area contributed by atoms with Crippen LogP contribution in [0.15, 0.2) is 30.3 Å². The molecule has 7 nitrogen and oxygen atoms in total. The quantitative estimate of drug-likeness (QED) is 0.589. The van der Waals surface area contributed by atoms with Gasteiger partial charge in [0, 0.05) is 17.7 Å². The van der Waals surface area contributed by atoms with Crippen LogP contribution in [-0.4, -0.2) is 28.4 Å². The van der Waals surface area contributed by atoms with Crippen LogP contribution in [0.3, 0.4) is 0 Å². The van der Waals surface area contributed by atoms with E-state index in [0.29, 0.717) is 11.1 Å². The second kappa shape index (κ2) is 6.83. The first-order chi connectivity index (χ1) is 12.6. The van der Waals surface area contributed by atoms with E-state index in [1.54, 1.807) is 19.1 Å². The van der Waals surface area contributed by atoms with Gasteiger partial charge in [-0.2, -0.15) is 0 Å². The Morgan fingerprint density at radius 3 is 2.48 bits per heavy atom. The Morgan fingerprint density at radius 2 is 1.93 bits per heavy atom. The molecule has 0 amide bonds. The minimum absolute atomic E-state index is 0.00481. The predicted octanol–water partition coefficient (Wildman–Crippen LogP) is 4.06. The van der Waals surface area contributed by atoms with Gasteiger partial charge in [-0.05, 0) is 30.5 Å². The lowest BCUT2D eigenvalue weighted by atomic mass is 9.79. The predicted molar refractivity (Wildman–Crippen MR) is 98.1 cm³/mol. The third-order valence-electron chi connectivity index (χ3n) is 4.59.